The van der Waals surface area contributed by atoms with Gasteiger partial charge in [-0.2, -0.15) is 0 Å². The summed E-state index contributed by atoms with van der Waals surface area (Å²) < 4.78 is 31.2. The van der Waals surface area contributed by atoms with Gasteiger partial charge >= 0.3 is 0 Å². The average molecular weight is 411 g/mol. The maximum atomic E-state index is 13.1. The normalized spacial score (nSPS) is 19.9. The van der Waals surface area contributed by atoms with Crippen LogP contribution in [-0.4, -0.2) is 29.2 Å². The molecule has 0 radical (unpaired) electrons. The van der Waals surface area contributed by atoms with Gasteiger partial charge in [0.15, 0.2) is 0 Å². The molecule has 0 spiro atoms. The van der Waals surface area contributed by atoms with Crippen LogP contribution in [0.4, 0.5) is 0 Å². The first-order chi connectivity index (χ1) is 14.1. The van der Waals surface area contributed by atoms with E-state index in [1.54, 1.807) is 24.8 Å². The summed E-state index contributed by atoms with van der Waals surface area (Å²) in [7, 11) is -3.60. The summed E-state index contributed by atoms with van der Waals surface area (Å²) in [6, 6.07) is 15.5. The highest BCUT2D eigenvalue weighted by atomic mass is 32.2. The molecule has 2 atom stereocenters. The first kappa shape index (κ1) is 19.8. The molecular weight excluding hydrogens is 384 g/mol. The van der Waals surface area contributed by atoms with Gasteiger partial charge in [0.2, 0.25) is 10.0 Å². The Morgan fingerprint density at radius 2 is 1.83 bits per heavy atom. The summed E-state index contributed by atoms with van der Waals surface area (Å²) in [5, 5.41) is 7.75. The van der Waals surface area contributed by atoms with Crippen LogP contribution in [0, 0.1) is 0 Å². The minimum atomic E-state index is -3.60. The number of aromatic nitrogens is 3. The Kier molecular flexibility index (Phi) is 5.78. The predicted molar refractivity (Wildman–Crippen MR) is 113 cm³/mol. The Morgan fingerprint density at radius 1 is 1.07 bits per heavy atom. The predicted octanol–water partition coefficient (Wildman–Crippen LogP) is 3.97. The fourth-order valence-corrected chi connectivity index (χ4v) is 5.45. The maximum Gasteiger partial charge on any atom is 0.240 e. The lowest BCUT2D eigenvalue weighted by atomic mass is 9.91. The number of nitrogens with one attached hydrogen (secondary N) is 1. The number of rotatable bonds is 6. The van der Waals surface area contributed by atoms with Gasteiger partial charge in [0.1, 0.15) is 12.7 Å². The zero-order valence-electron chi connectivity index (χ0n) is 16.5. The van der Waals surface area contributed by atoms with Crippen molar-refractivity contribution in [2.75, 3.05) is 0 Å². The number of hydrogen-bond donors (Lipinski definition) is 1. The number of aryl methyl sites for hydroxylation is 1. The van der Waals surface area contributed by atoms with Gasteiger partial charge in [0.25, 0.3) is 0 Å². The summed E-state index contributed by atoms with van der Waals surface area (Å²) in [6.07, 6.45) is 7.83. The van der Waals surface area contributed by atoms with Gasteiger partial charge in [-0.15, -0.1) is 10.2 Å². The Morgan fingerprint density at radius 3 is 2.55 bits per heavy atom. The lowest BCUT2D eigenvalue weighted by Crippen LogP contribution is -2.38. The molecule has 3 aromatic rings. The van der Waals surface area contributed by atoms with Crippen LogP contribution >= 0.6 is 0 Å². The highest BCUT2D eigenvalue weighted by Gasteiger charge is 2.27. The molecule has 0 aliphatic heterocycles. The molecule has 0 amide bonds. The van der Waals surface area contributed by atoms with E-state index in [1.165, 1.54) is 0 Å². The highest BCUT2D eigenvalue weighted by Crippen LogP contribution is 2.30. The van der Waals surface area contributed by atoms with Gasteiger partial charge in [-0.05, 0) is 60.9 Å². The molecule has 1 aromatic heterocycles. The SMILES string of the molecule is CCc1ccc(S(=O)(=O)NC2CCCC(n3cnnc3)C2)cc1-c1ccccc1. The van der Waals surface area contributed by atoms with Crippen molar-refractivity contribution in [3.05, 3.63) is 66.7 Å². The topological polar surface area (TPSA) is 76.9 Å². The fourth-order valence-electron chi connectivity index (χ4n) is 4.14. The van der Waals surface area contributed by atoms with Crippen molar-refractivity contribution in [3.8, 4) is 11.1 Å². The Hall–Kier alpha value is -2.51. The second kappa shape index (κ2) is 8.47. The van der Waals surface area contributed by atoms with Gasteiger partial charge < -0.3 is 4.57 Å². The number of hydrogen-bond acceptors (Lipinski definition) is 4. The van der Waals surface area contributed by atoms with E-state index < -0.39 is 10.0 Å². The fraction of sp³-hybridized carbons (Fsp3) is 0.364. The molecule has 1 aliphatic carbocycles. The van der Waals surface area contributed by atoms with Crippen molar-refractivity contribution in [3.63, 3.8) is 0 Å². The van der Waals surface area contributed by atoms with Crippen molar-refractivity contribution in [2.24, 2.45) is 0 Å². The molecule has 1 saturated carbocycles. The highest BCUT2D eigenvalue weighted by molar-refractivity contribution is 7.89. The molecule has 1 aliphatic rings. The quantitative estimate of drug-likeness (QED) is 0.667. The second-order valence-corrected chi connectivity index (χ2v) is 9.30. The monoisotopic (exact) mass is 410 g/mol. The van der Waals surface area contributed by atoms with Crippen LogP contribution in [0.2, 0.25) is 0 Å². The molecule has 1 heterocycles. The summed E-state index contributed by atoms with van der Waals surface area (Å²) in [5.74, 6) is 0. The van der Waals surface area contributed by atoms with Gasteiger partial charge in [-0.1, -0.05) is 43.3 Å². The van der Waals surface area contributed by atoms with Crippen LogP contribution in [0.15, 0.2) is 66.1 Å². The number of sulfonamides is 1. The molecule has 2 unspecified atom stereocenters. The van der Waals surface area contributed by atoms with Crippen molar-refractivity contribution in [1.82, 2.24) is 19.5 Å². The van der Waals surface area contributed by atoms with E-state index in [9.17, 15) is 8.42 Å². The minimum Gasteiger partial charge on any atom is -0.317 e. The van der Waals surface area contributed by atoms with Crippen LogP contribution in [0.3, 0.4) is 0 Å². The van der Waals surface area contributed by atoms with Crippen molar-refractivity contribution in [2.45, 2.75) is 56.0 Å². The van der Waals surface area contributed by atoms with E-state index in [-0.39, 0.29) is 12.1 Å². The molecule has 0 bridgehead atoms. The van der Waals surface area contributed by atoms with Gasteiger partial charge in [0.05, 0.1) is 4.90 Å². The molecule has 4 rings (SSSR count). The molecule has 7 heteroatoms. The average Bonchev–Trinajstić information content (AvgIpc) is 3.29. The maximum absolute atomic E-state index is 13.1. The van der Waals surface area contributed by atoms with Crippen molar-refractivity contribution >= 4 is 10.0 Å². The van der Waals surface area contributed by atoms with Gasteiger partial charge in [-0.3, -0.25) is 0 Å². The first-order valence-corrected chi connectivity index (χ1v) is 11.6. The van der Waals surface area contributed by atoms with E-state index in [0.29, 0.717) is 4.90 Å². The molecule has 0 saturated heterocycles. The van der Waals surface area contributed by atoms with E-state index >= 15 is 0 Å². The molecule has 1 fully saturated rings. The van der Waals surface area contributed by atoms with E-state index in [0.717, 1.165) is 48.8 Å². The zero-order chi connectivity index (χ0) is 20.3. The third-order valence-corrected chi connectivity index (χ3v) is 7.20. The Labute approximate surface area is 172 Å². The standard InChI is InChI=1S/C22H26N4O2S/c1-2-17-11-12-21(14-22(17)18-7-4-3-5-8-18)29(27,28)25-19-9-6-10-20(13-19)26-15-23-24-16-26/h3-5,7-8,11-12,14-16,19-20,25H,2,6,9-10,13H2,1H3. The molecule has 152 valence electrons. The zero-order valence-corrected chi connectivity index (χ0v) is 17.3. The molecule has 6 nitrogen and oxygen atoms in total. The van der Waals surface area contributed by atoms with E-state index in [4.69, 9.17) is 0 Å². The second-order valence-electron chi connectivity index (χ2n) is 7.59. The van der Waals surface area contributed by atoms with Crippen LogP contribution in [0.25, 0.3) is 11.1 Å². The van der Waals surface area contributed by atoms with Crippen LogP contribution in [0.5, 0.6) is 0 Å². The largest absolute Gasteiger partial charge is 0.317 e. The van der Waals surface area contributed by atoms with Crippen molar-refractivity contribution < 1.29 is 8.42 Å². The number of benzene rings is 2. The van der Waals surface area contributed by atoms with Crippen LogP contribution in [0.1, 0.15) is 44.2 Å². The van der Waals surface area contributed by atoms with Crippen LogP contribution < -0.4 is 4.72 Å². The third-order valence-electron chi connectivity index (χ3n) is 5.68. The van der Waals surface area contributed by atoms with Gasteiger partial charge in [-0.25, -0.2) is 13.1 Å². The summed E-state index contributed by atoms with van der Waals surface area (Å²) in [4.78, 5) is 0.319. The van der Waals surface area contributed by atoms with Gasteiger partial charge in [0, 0.05) is 12.1 Å². The summed E-state index contributed by atoms with van der Waals surface area (Å²) >= 11 is 0. The lowest BCUT2D eigenvalue weighted by molar-refractivity contribution is 0.305. The molecule has 29 heavy (non-hydrogen) atoms. The molecule has 1 N–H and O–H groups in total. The first-order valence-electron chi connectivity index (χ1n) is 10.1. The Balaban J connectivity index is 1.57. The van der Waals surface area contributed by atoms with E-state index in [1.807, 2.05) is 41.0 Å². The summed E-state index contributed by atoms with van der Waals surface area (Å²) in [6.45, 7) is 2.08. The van der Waals surface area contributed by atoms with E-state index in [2.05, 4.69) is 21.8 Å². The molecular formula is C22H26N4O2S. The summed E-state index contributed by atoms with van der Waals surface area (Å²) in [5.41, 5.74) is 3.15. The Bertz CT molecular complexity index is 1050. The molecule has 2 aromatic carbocycles. The minimum absolute atomic E-state index is 0.0906. The smallest absolute Gasteiger partial charge is 0.240 e. The third kappa shape index (κ3) is 4.41. The number of nitrogens with zero attached hydrogens (tertiary/aromatic N) is 3. The van der Waals surface area contributed by atoms with Crippen LogP contribution in [-0.2, 0) is 16.4 Å². The van der Waals surface area contributed by atoms with Crippen molar-refractivity contribution in [1.29, 1.82) is 0 Å². The lowest BCUT2D eigenvalue weighted by Gasteiger charge is -2.30.